The first kappa shape index (κ1) is 16.9. The van der Waals surface area contributed by atoms with Gasteiger partial charge in [0.25, 0.3) is 0 Å². The Bertz CT molecular complexity index is 491. The van der Waals surface area contributed by atoms with Crippen LogP contribution in [0.5, 0.6) is 0 Å². The van der Waals surface area contributed by atoms with Gasteiger partial charge in [-0.3, -0.25) is 14.6 Å². The molecule has 1 rings (SSSR count). The van der Waals surface area contributed by atoms with Crippen LogP contribution in [0.15, 0.2) is 24.5 Å². The van der Waals surface area contributed by atoms with E-state index in [0.29, 0.717) is 10.5 Å². The molecule has 0 aliphatic carbocycles. The Morgan fingerprint density at radius 1 is 1.43 bits per heavy atom. The number of pyridine rings is 1. The summed E-state index contributed by atoms with van der Waals surface area (Å²) in [6.45, 7) is 0.721. The zero-order valence-corrected chi connectivity index (χ0v) is 11.6. The fraction of sp³-hybridized carbons (Fsp3) is 0.462. The van der Waals surface area contributed by atoms with E-state index in [0.717, 1.165) is 7.11 Å². The molecule has 0 radical (unpaired) electrons. The lowest BCUT2D eigenvalue weighted by atomic mass is 10.1. The Labute approximate surface area is 119 Å². The van der Waals surface area contributed by atoms with Crippen LogP contribution in [0.25, 0.3) is 0 Å². The minimum Gasteiger partial charge on any atom is -0.469 e. The Balaban J connectivity index is 2.90. The van der Waals surface area contributed by atoms with Crippen LogP contribution >= 0.6 is 0 Å². The number of halogens is 3. The molecule has 1 heterocycles. The molecule has 0 aromatic carbocycles. The van der Waals surface area contributed by atoms with Gasteiger partial charge in [-0.25, -0.2) is 0 Å². The van der Waals surface area contributed by atoms with Crippen molar-refractivity contribution in [2.75, 3.05) is 13.7 Å². The Hall–Kier alpha value is -2.12. The summed E-state index contributed by atoms with van der Waals surface area (Å²) in [5.74, 6) is -3.54. The second kappa shape index (κ2) is 7.05. The van der Waals surface area contributed by atoms with Crippen molar-refractivity contribution in [2.45, 2.75) is 19.6 Å². The SMILES string of the molecule is COC(=O)C(C)CN(Cc1cccnc1)C(=O)C(F)(F)F. The van der Waals surface area contributed by atoms with Crippen molar-refractivity contribution in [3.63, 3.8) is 0 Å². The van der Waals surface area contributed by atoms with Gasteiger partial charge >= 0.3 is 18.1 Å². The van der Waals surface area contributed by atoms with Crippen molar-refractivity contribution in [1.82, 2.24) is 9.88 Å². The van der Waals surface area contributed by atoms with E-state index in [2.05, 4.69) is 9.72 Å². The molecule has 0 saturated heterocycles. The van der Waals surface area contributed by atoms with Gasteiger partial charge in [0.1, 0.15) is 0 Å². The van der Waals surface area contributed by atoms with Gasteiger partial charge in [0.2, 0.25) is 0 Å². The lowest BCUT2D eigenvalue weighted by Gasteiger charge is -2.25. The van der Waals surface area contributed by atoms with Crippen molar-refractivity contribution in [2.24, 2.45) is 5.92 Å². The van der Waals surface area contributed by atoms with E-state index in [9.17, 15) is 22.8 Å². The molecular weight excluding hydrogens is 289 g/mol. The molecule has 0 aliphatic heterocycles. The molecule has 0 fully saturated rings. The van der Waals surface area contributed by atoms with Crippen molar-refractivity contribution >= 4 is 11.9 Å². The summed E-state index contributed by atoms with van der Waals surface area (Å²) in [6, 6.07) is 3.10. The quantitative estimate of drug-likeness (QED) is 0.778. The van der Waals surface area contributed by atoms with Gasteiger partial charge in [-0.15, -0.1) is 0 Å². The lowest BCUT2D eigenvalue weighted by Crippen LogP contribution is -2.44. The van der Waals surface area contributed by atoms with Crippen molar-refractivity contribution in [1.29, 1.82) is 0 Å². The van der Waals surface area contributed by atoms with E-state index in [1.54, 1.807) is 12.1 Å². The van der Waals surface area contributed by atoms with Crippen LogP contribution in [0.2, 0.25) is 0 Å². The summed E-state index contributed by atoms with van der Waals surface area (Å²) in [5, 5.41) is 0. The third kappa shape index (κ3) is 5.05. The Morgan fingerprint density at radius 2 is 2.10 bits per heavy atom. The van der Waals surface area contributed by atoms with Crippen molar-refractivity contribution in [3.8, 4) is 0 Å². The summed E-state index contributed by atoms with van der Waals surface area (Å²) < 4.78 is 42.3. The molecule has 5 nitrogen and oxygen atoms in total. The van der Waals surface area contributed by atoms with E-state index >= 15 is 0 Å². The largest absolute Gasteiger partial charge is 0.471 e. The van der Waals surface area contributed by atoms with Gasteiger partial charge < -0.3 is 9.64 Å². The number of hydrogen-bond acceptors (Lipinski definition) is 4. The van der Waals surface area contributed by atoms with Gasteiger partial charge in [-0.1, -0.05) is 13.0 Å². The third-order valence-electron chi connectivity index (χ3n) is 2.72. The van der Waals surface area contributed by atoms with Gasteiger partial charge in [-0.2, -0.15) is 13.2 Å². The van der Waals surface area contributed by atoms with Crippen molar-refractivity contribution in [3.05, 3.63) is 30.1 Å². The number of methoxy groups -OCH3 is 1. The fourth-order valence-electron chi connectivity index (χ4n) is 1.72. The van der Waals surface area contributed by atoms with Crippen LogP contribution < -0.4 is 0 Å². The summed E-state index contributed by atoms with van der Waals surface area (Å²) in [4.78, 5) is 27.1. The molecular formula is C13H15F3N2O3. The van der Waals surface area contributed by atoms with E-state index in [1.807, 2.05) is 0 Å². The first-order valence-electron chi connectivity index (χ1n) is 6.08. The number of nitrogens with zero attached hydrogens (tertiary/aromatic N) is 2. The van der Waals surface area contributed by atoms with Crippen LogP contribution in [0.4, 0.5) is 13.2 Å². The number of rotatable bonds is 5. The molecule has 0 saturated carbocycles. The van der Waals surface area contributed by atoms with E-state index in [-0.39, 0.29) is 13.1 Å². The maximum absolute atomic E-state index is 12.6. The highest BCUT2D eigenvalue weighted by molar-refractivity contribution is 5.82. The fourth-order valence-corrected chi connectivity index (χ4v) is 1.72. The average molecular weight is 304 g/mol. The number of carbonyl (C=O) groups excluding carboxylic acids is 2. The van der Waals surface area contributed by atoms with E-state index in [1.165, 1.54) is 19.3 Å². The zero-order valence-electron chi connectivity index (χ0n) is 11.6. The van der Waals surface area contributed by atoms with E-state index < -0.39 is 24.0 Å². The standard InChI is InChI=1S/C13H15F3N2O3/c1-9(11(19)21-2)7-18(12(20)13(14,15)16)8-10-4-3-5-17-6-10/h3-6,9H,7-8H2,1-2H3. The zero-order chi connectivity index (χ0) is 16.0. The van der Waals surface area contributed by atoms with Gasteiger partial charge in [-0.05, 0) is 11.6 Å². The highest BCUT2D eigenvalue weighted by Gasteiger charge is 2.43. The van der Waals surface area contributed by atoms with Gasteiger partial charge in [0, 0.05) is 25.5 Å². The molecule has 1 atom stereocenters. The summed E-state index contributed by atoms with van der Waals surface area (Å²) in [7, 11) is 1.13. The molecule has 116 valence electrons. The van der Waals surface area contributed by atoms with Crippen LogP contribution in [-0.2, 0) is 20.9 Å². The molecule has 0 N–H and O–H groups in total. The topological polar surface area (TPSA) is 59.5 Å². The molecule has 1 unspecified atom stereocenters. The molecule has 0 bridgehead atoms. The monoisotopic (exact) mass is 304 g/mol. The molecule has 0 aliphatic rings. The molecule has 1 amide bonds. The van der Waals surface area contributed by atoms with Crippen LogP contribution in [0.3, 0.4) is 0 Å². The second-order valence-corrected chi connectivity index (χ2v) is 4.47. The molecule has 1 aromatic heterocycles. The number of aromatic nitrogens is 1. The highest BCUT2D eigenvalue weighted by Crippen LogP contribution is 2.21. The summed E-state index contributed by atoms with van der Waals surface area (Å²) in [6.07, 6.45) is -2.17. The molecule has 1 aromatic rings. The first-order valence-corrected chi connectivity index (χ1v) is 6.08. The lowest BCUT2D eigenvalue weighted by molar-refractivity contribution is -0.187. The Morgan fingerprint density at radius 3 is 2.57 bits per heavy atom. The highest BCUT2D eigenvalue weighted by atomic mass is 19.4. The number of esters is 1. The third-order valence-corrected chi connectivity index (χ3v) is 2.72. The number of hydrogen-bond donors (Lipinski definition) is 0. The van der Waals surface area contributed by atoms with Gasteiger partial charge in [0.05, 0.1) is 13.0 Å². The maximum atomic E-state index is 12.6. The molecule has 8 heteroatoms. The number of carbonyl (C=O) groups is 2. The van der Waals surface area contributed by atoms with Crippen LogP contribution in [-0.4, -0.2) is 41.6 Å². The molecule has 0 spiro atoms. The normalized spacial score (nSPS) is 12.6. The maximum Gasteiger partial charge on any atom is 0.471 e. The van der Waals surface area contributed by atoms with Gasteiger partial charge in [0.15, 0.2) is 0 Å². The van der Waals surface area contributed by atoms with Crippen LogP contribution in [0, 0.1) is 5.92 Å². The minimum atomic E-state index is -5.00. The summed E-state index contributed by atoms with van der Waals surface area (Å²) >= 11 is 0. The minimum absolute atomic E-state index is 0.284. The predicted octanol–water partition coefficient (Wildman–Crippen LogP) is 1.78. The Kier molecular flexibility index (Phi) is 5.69. The second-order valence-electron chi connectivity index (χ2n) is 4.47. The average Bonchev–Trinajstić information content (AvgIpc) is 2.44. The van der Waals surface area contributed by atoms with Crippen LogP contribution in [0.1, 0.15) is 12.5 Å². The number of amides is 1. The summed E-state index contributed by atoms with van der Waals surface area (Å²) in [5.41, 5.74) is 0.437. The van der Waals surface area contributed by atoms with E-state index in [4.69, 9.17) is 0 Å². The predicted molar refractivity (Wildman–Crippen MR) is 66.9 cm³/mol. The number of ether oxygens (including phenoxy) is 1. The first-order chi connectivity index (χ1) is 9.75. The molecule has 21 heavy (non-hydrogen) atoms. The smallest absolute Gasteiger partial charge is 0.469 e. The van der Waals surface area contributed by atoms with Crippen molar-refractivity contribution < 1.29 is 27.5 Å². The number of alkyl halides is 3.